The quantitative estimate of drug-likeness (QED) is 0.800. The first kappa shape index (κ1) is 20.1. The number of nitrogens with two attached hydrogens (primary N) is 1. The smallest absolute Gasteiger partial charge is 0.306 e. The van der Waals surface area contributed by atoms with Gasteiger partial charge in [0.15, 0.2) is 0 Å². The molecule has 0 bridgehead atoms. The SMILES string of the molecule is C.CC(C)(C)OC(=O)CCC1CCS1.NCC1CCS1. The van der Waals surface area contributed by atoms with Gasteiger partial charge in [-0.25, -0.2) is 0 Å². The van der Waals surface area contributed by atoms with E-state index in [1.54, 1.807) is 0 Å². The van der Waals surface area contributed by atoms with Crippen molar-refractivity contribution < 1.29 is 9.53 Å². The van der Waals surface area contributed by atoms with Crippen LogP contribution in [0.5, 0.6) is 0 Å². The monoisotopic (exact) mass is 321 g/mol. The molecule has 3 nitrogen and oxygen atoms in total. The van der Waals surface area contributed by atoms with Gasteiger partial charge in [0.05, 0.1) is 0 Å². The van der Waals surface area contributed by atoms with E-state index >= 15 is 0 Å². The van der Waals surface area contributed by atoms with Crippen molar-refractivity contribution in [1.29, 1.82) is 0 Å². The van der Waals surface area contributed by atoms with Gasteiger partial charge in [-0.2, -0.15) is 23.5 Å². The van der Waals surface area contributed by atoms with Gasteiger partial charge in [-0.3, -0.25) is 4.79 Å². The fourth-order valence-corrected chi connectivity index (χ4v) is 3.21. The van der Waals surface area contributed by atoms with Crippen molar-refractivity contribution in [2.24, 2.45) is 5.73 Å². The molecule has 0 saturated carbocycles. The Morgan fingerprint density at radius 1 is 1.20 bits per heavy atom. The Balaban J connectivity index is 0.000000434. The van der Waals surface area contributed by atoms with Crippen molar-refractivity contribution in [3.05, 3.63) is 0 Å². The molecule has 2 aliphatic rings. The van der Waals surface area contributed by atoms with E-state index in [0.29, 0.717) is 11.7 Å². The molecule has 2 aliphatic heterocycles. The third-order valence-corrected chi connectivity index (χ3v) is 5.73. The highest BCUT2D eigenvalue weighted by Crippen LogP contribution is 2.31. The van der Waals surface area contributed by atoms with Crippen LogP contribution in [-0.4, -0.2) is 40.1 Å². The molecule has 20 heavy (non-hydrogen) atoms. The molecular weight excluding hydrogens is 290 g/mol. The van der Waals surface area contributed by atoms with Crippen LogP contribution in [0.15, 0.2) is 0 Å². The normalized spacial score (nSPS) is 24.2. The molecule has 0 aromatic rings. The number of carbonyl (C=O) groups is 1. The molecule has 2 unspecified atom stereocenters. The standard InChI is InChI=1S/C10H18O2S.C4H9NS.CH4/c1-10(2,3)12-9(11)5-4-8-6-7-13-8;5-3-4-1-2-6-4;/h8H,4-7H2,1-3H3;4H,1-3,5H2;1H4. The third kappa shape index (κ3) is 9.14. The Labute approximate surface area is 133 Å². The summed E-state index contributed by atoms with van der Waals surface area (Å²) >= 11 is 3.94. The Morgan fingerprint density at radius 3 is 1.95 bits per heavy atom. The summed E-state index contributed by atoms with van der Waals surface area (Å²) < 4.78 is 5.21. The average molecular weight is 322 g/mol. The predicted molar refractivity (Wildman–Crippen MR) is 92.6 cm³/mol. The third-order valence-electron chi connectivity index (χ3n) is 2.94. The summed E-state index contributed by atoms with van der Waals surface area (Å²) in [7, 11) is 0. The molecule has 0 aromatic carbocycles. The lowest BCUT2D eigenvalue weighted by molar-refractivity contribution is -0.154. The first-order chi connectivity index (χ1) is 8.90. The molecule has 2 N–H and O–H groups in total. The van der Waals surface area contributed by atoms with E-state index < -0.39 is 0 Å². The van der Waals surface area contributed by atoms with Crippen LogP contribution < -0.4 is 5.73 Å². The maximum Gasteiger partial charge on any atom is 0.306 e. The first-order valence-corrected chi connectivity index (χ1v) is 9.15. The molecule has 0 aliphatic carbocycles. The van der Waals surface area contributed by atoms with Crippen molar-refractivity contribution in [3.63, 3.8) is 0 Å². The molecule has 0 radical (unpaired) electrons. The van der Waals surface area contributed by atoms with E-state index in [2.05, 4.69) is 0 Å². The molecule has 0 aromatic heterocycles. The number of ether oxygens (including phenoxy) is 1. The summed E-state index contributed by atoms with van der Waals surface area (Å²) in [6.45, 7) is 6.60. The topological polar surface area (TPSA) is 52.3 Å². The number of rotatable bonds is 4. The van der Waals surface area contributed by atoms with Crippen LogP contribution in [-0.2, 0) is 9.53 Å². The Kier molecular flexibility index (Phi) is 10.0. The van der Waals surface area contributed by atoms with Gasteiger partial charge in [0.25, 0.3) is 0 Å². The Morgan fingerprint density at radius 2 is 1.70 bits per heavy atom. The van der Waals surface area contributed by atoms with E-state index in [1.807, 2.05) is 44.3 Å². The lowest BCUT2D eigenvalue weighted by Gasteiger charge is -2.25. The van der Waals surface area contributed by atoms with Crippen LogP contribution in [0.3, 0.4) is 0 Å². The second kappa shape index (κ2) is 9.96. The summed E-state index contributed by atoms with van der Waals surface area (Å²) in [6.07, 6.45) is 4.18. The number of hydrogen-bond acceptors (Lipinski definition) is 5. The van der Waals surface area contributed by atoms with Crippen molar-refractivity contribution in [1.82, 2.24) is 0 Å². The second-order valence-corrected chi connectivity index (χ2v) is 8.74. The minimum atomic E-state index is -0.330. The Hall–Kier alpha value is 0.130. The van der Waals surface area contributed by atoms with Crippen molar-refractivity contribution >= 4 is 29.5 Å². The highest BCUT2D eigenvalue weighted by molar-refractivity contribution is 8.01. The van der Waals surface area contributed by atoms with Gasteiger partial charge in [0.2, 0.25) is 0 Å². The number of carbonyl (C=O) groups excluding carboxylic acids is 1. The van der Waals surface area contributed by atoms with Crippen LogP contribution in [0.2, 0.25) is 0 Å². The minimum absolute atomic E-state index is 0. The Bertz CT molecular complexity index is 269. The molecule has 2 heterocycles. The van der Waals surface area contributed by atoms with Gasteiger partial charge in [-0.1, -0.05) is 7.43 Å². The predicted octanol–water partition coefficient (Wildman–Crippen LogP) is 3.70. The summed E-state index contributed by atoms with van der Waals surface area (Å²) in [5.41, 5.74) is 4.98. The minimum Gasteiger partial charge on any atom is -0.460 e. The summed E-state index contributed by atoms with van der Waals surface area (Å²) in [5.74, 6) is 2.54. The van der Waals surface area contributed by atoms with Crippen LogP contribution >= 0.6 is 23.5 Å². The maximum atomic E-state index is 11.3. The highest BCUT2D eigenvalue weighted by atomic mass is 32.2. The number of esters is 1. The molecule has 0 amide bonds. The van der Waals surface area contributed by atoms with Crippen molar-refractivity contribution in [2.45, 2.75) is 70.0 Å². The van der Waals surface area contributed by atoms with E-state index in [0.717, 1.165) is 18.2 Å². The van der Waals surface area contributed by atoms with Crippen LogP contribution in [0.4, 0.5) is 0 Å². The zero-order chi connectivity index (χ0) is 14.3. The van der Waals surface area contributed by atoms with Gasteiger partial charge < -0.3 is 10.5 Å². The molecular formula is C15H31NO2S2. The molecule has 5 heteroatoms. The van der Waals surface area contributed by atoms with Crippen molar-refractivity contribution in [2.75, 3.05) is 18.1 Å². The molecule has 2 saturated heterocycles. The van der Waals surface area contributed by atoms with Gasteiger partial charge >= 0.3 is 5.97 Å². The molecule has 2 rings (SSSR count). The van der Waals surface area contributed by atoms with E-state index in [4.69, 9.17) is 10.5 Å². The number of hydrogen-bond donors (Lipinski definition) is 1. The fraction of sp³-hybridized carbons (Fsp3) is 0.933. The fourth-order valence-electron chi connectivity index (χ4n) is 1.65. The van der Waals surface area contributed by atoms with Crippen LogP contribution in [0.1, 0.15) is 53.9 Å². The van der Waals surface area contributed by atoms with Crippen LogP contribution in [0, 0.1) is 0 Å². The molecule has 2 atom stereocenters. The number of thioether (sulfide) groups is 2. The van der Waals surface area contributed by atoms with Crippen LogP contribution in [0.25, 0.3) is 0 Å². The maximum absolute atomic E-state index is 11.3. The molecule has 0 spiro atoms. The largest absolute Gasteiger partial charge is 0.460 e. The lowest BCUT2D eigenvalue weighted by atomic mass is 10.1. The summed E-state index contributed by atoms with van der Waals surface area (Å²) in [6, 6.07) is 0. The first-order valence-electron chi connectivity index (χ1n) is 7.06. The molecule has 120 valence electrons. The van der Waals surface area contributed by atoms with Crippen molar-refractivity contribution in [3.8, 4) is 0 Å². The molecule has 2 fully saturated rings. The van der Waals surface area contributed by atoms with Gasteiger partial charge in [0.1, 0.15) is 5.60 Å². The van der Waals surface area contributed by atoms with Gasteiger partial charge in [0, 0.05) is 23.5 Å². The van der Waals surface area contributed by atoms with Gasteiger partial charge in [-0.15, -0.1) is 0 Å². The zero-order valence-electron chi connectivity index (χ0n) is 12.3. The summed E-state index contributed by atoms with van der Waals surface area (Å²) in [5, 5.41) is 1.53. The zero-order valence-corrected chi connectivity index (χ0v) is 13.9. The van der Waals surface area contributed by atoms with E-state index in [1.165, 1.54) is 24.3 Å². The average Bonchev–Trinajstić information content (AvgIpc) is 2.11. The summed E-state index contributed by atoms with van der Waals surface area (Å²) in [4.78, 5) is 11.3. The second-order valence-electron chi connectivity index (χ2n) is 5.92. The highest BCUT2D eigenvalue weighted by Gasteiger charge is 2.21. The lowest BCUT2D eigenvalue weighted by Crippen LogP contribution is -2.25. The van der Waals surface area contributed by atoms with E-state index in [-0.39, 0.29) is 19.0 Å². The van der Waals surface area contributed by atoms with Gasteiger partial charge in [-0.05, 0) is 51.5 Å². The van der Waals surface area contributed by atoms with E-state index in [9.17, 15) is 4.79 Å².